The number of hydrogen-bond acceptors (Lipinski definition) is 3. The summed E-state index contributed by atoms with van der Waals surface area (Å²) >= 11 is 0. The lowest BCUT2D eigenvalue weighted by molar-refractivity contribution is 0.865. The Labute approximate surface area is 89.0 Å². The largest absolute Gasteiger partial charge is 0.278 e. The van der Waals surface area contributed by atoms with Crippen LogP contribution in [0, 0.1) is 0 Å². The molecule has 4 heteroatoms. The molecule has 2 heterocycles. The van der Waals surface area contributed by atoms with Gasteiger partial charge in [-0.2, -0.15) is 0 Å². The second-order valence-corrected chi connectivity index (χ2v) is 3.35. The van der Waals surface area contributed by atoms with Gasteiger partial charge in [0.2, 0.25) is 0 Å². The number of aromatic nitrogens is 3. The van der Waals surface area contributed by atoms with Crippen LogP contribution in [-0.4, -0.2) is 14.6 Å². The summed E-state index contributed by atoms with van der Waals surface area (Å²) in [4.78, 5) is 8.35. The normalized spacial score (nSPS) is 10.2. The minimum atomic E-state index is 0.824. The highest BCUT2D eigenvalue weighted by Gasteiger charge is 1.97. The van der Waals surface area contributed by atoms with Gasteiger partial charge in [0.1, 0.15) is 12.1 Å². The van der Waals surface area contributed by atoms with E-state index in [9.17, 15) is 0 Å². The maximum atomic E-state index is 4.20. The molecule has 0 aliphatic rings. The van der Waals surface area contributed by atoms with Crippen molar-refractivity contribution >= 4 is 5.82 Å². The van der Waals surface area contributed by atoms with Crippen LogP contribution >= 0.6 is 0 Å². The third kappa shape index (κ3) is 2.56. The van der Waals surface area contributed by atoms with Gasteiger partial charge < -0.3 is 0 Å². The lowest BCUT2D eigenvalue weighted by Gasteiger charge is -2.06. The highest BCUT2D eigenvalue weighted by Crippen LogP contribution is 2.06. The average Bonchev–Trinajstić information content (AvgIpc) is 2.71. The van der Waals surface area contributed by atoms with Crippen LogP contribution < -0.4 is 5.43 Å². The number of aryl methyl sites for hydroxylation is 1. The molecule has 0 saturated heterocycles. The molecule has 0 unspecified atom stereocenters. The summed E-state index contributed by atoms with van der Waals surface area (Å²) in [5, 5.41) is 0. The quantitative estimate of drug-likeness (QED) is 0.825. The fourth-order valence-electron chi connectivity index (χ4n) is 1.39. The predicted molar refractivity (Wildman–Crippen MR) is 59.5 cm³/mol. The monoisotopic (exact) mass is 202 g/mol. The summed E-state index contributed by atoms with van der Waals surface area (Å²) in [6, 6.07) is 5.89. The predicted octanol–water partition coefficient (Wildman–Crippen LogP) is 2.11. The summed E-state index contributed by atoms with van der Waals surface area (Å²) in [5.41, 5.74) is 4.22. The molecule has 0 spiro atoms. The topological polar surface area (TPSA) is 42.7 Å². The Morgan fingerprint density at radius 1 is 1.27 bits per heavy atom. The van der Waals surface area contributed by atoms with Crippen molar-refractivity contribution in [3.63, 3.8) is 0 Å². The van der Waals surface area contributed by atoms with Crippen molar-refractivity contribution in [1.29, 1.82) is 0 Å². The highest BCUT2D eigenvalue weighted by molar-refractivity contribution is 5.34. The molecule has 0 aliphatic heterocycles. The Balaban J connectivity index is 2.11. The van der Waals surface area contributed by atoms with Gasteiger partial charge in [0, 0.05) is 24.2 Å². The van der Waals surface area contributed by atoms with Crippen molar-refractivity contribution in [3.8, 4) is 0 Å². The van der Waals surface area contributed by atoms with Crippen molar-refractivity contribution in [2.45, 2.75) is 19.8 Å². The van der Waals surface area contributed by atoms with Gasteiger partial charge >= 0.3 is 0 Å². The Morgan fingerprint density at radius 2 is 2.07 bits per heavy atom. The van der Waals surface area contributed by atoms with Crippen molar-refractivity contribution < 1.29 is 0 Å². The summed E-state index contributed by atoms with van der Waals surface area (Å²) in [6.45, 7) is 2.14. The van der Waals surface area contributed by atoms with Gasteiger partial charge in [0.05, 0.1) is 0 Å². The molecule has 1 N–H and O–H groups in total. The first-order chi connectivity index (χ1) is 7.38. The van der Waals surface area contributed by atoms with Crippen LogP contribution in [0.3, 0.4) is 0 Å². The van der Waals surface area contributed by atoms with Gasteiger partial charge in [-0.3, -0.25) is 10.1 Å². The van der Waals surface area contributed by atoms with Crippen LogP contribution in [0.4, 0.5) is 5.82 Å². The molecular formula is C11H14N4. The van der Waals surface area contributed by atoms with Crippen LogP contribution in [0.25, 0.3) is 0 Å². The van der Waals surface area contributed by atoms with E-state index >= 15 is 0 Å². The molecule has 2 aromatic rings. The van der Waals surface area contributed by atoms with Crippen LogP contribution in [-0.2, 0) is 6.42 Å². The van der Waals surface area contributed by atoms with E-state index < -0.39 is 0 Å². The zero-order valence-corrected chi connectivity index (χ0v) is 8.72. The van der Waals surface area contributed by atoms with Crippen molar-refractivity contribution in [2.75, 3.05) is 5.43 Å². The summed E-state index contributed by atoms with van der Waals surface area (Å²) < 4.78 is 1.86. The van der Waals surface area contributed by atoms with Gasteiger partial charge in [0.25, 0.3) is 0 Å². The lowest BCUT2D eigenvalue weighted by atomic mass is 10.2. The second kappa shape index (κ2) is 4.59. The fourth-order valence-corrected chi connectivity index (χ4v) is 1.39. The number of anilines is 1. The summed E-state index contributed by atoms with van der Waals surface area (Å²) in [5.74, 6) is 0.824. The second-order valence-electron chi connectivity index (χ2n) is 3.35. The maximum absolute atomic E-state index is 4.20. The van der Waals surface area contributed by atoms with Gasteiger partial charge in [-0.25, -0.2) is 9.97 Å². The summed E-state index contributed by atoms with van der Waals surface area (Å²) in [7, 11) is 0. The Bertz CT molecular complexity index is 408. The molecule has 0 atom stereocenters. The van der Waals surface area contributed by atoms with E-state index in [-0.39, 0.29) is 0 Å². The van der Waals surface area contributed by atoms with Crippen LogP contribution in [0.1, 0.15) is 19.0 Å². The smallest absolute Gasteiger partial charge is 0.148 e. The van der Waals surface area contributed by atoms with Crippen LogP contribution in [0.15, 0.2) is 36.9 Å². The number of hydrogen-bond donors (Lipinski definition) is 1. The van der Waals surface area contributed by atoms with Crippen molar-refractivity contribution in [3.05, 3.63) is 42.6 Å². The number of nitrogens with one attached hydrogen (secondary N) is 1. The standard InChI is InChI=1S/C11H14N4/c1-2-5-10-8-11(13-9-12-10)14-15-6-3-4-7-15/h3-4,6-9H,2,5H2,1H3,(H,12,13,14). The lowest BCUT2D eigenvalue weighted by Crippen LogP contribution is -2.08. The van der Waals surface area contributed by atoms with E-state index in [0.29, 0.717) is 0 Å². The van der Waals surface area contributed by atoms with E-state index in [1.165, 1.54) is 0 Å². The minimum Gasteiger partial charge on any atom is -0.278 e. The molecule has 2 aromatic heterocycles. The molecule has 78 valence electrons. The van der Waals surface area contributed by atoms with Gasteiger partial charge in [-0.15, -0.1) is 0 Å². The van der Waals surface area contributed by atoms with E-state index in [1.54, 1.807) is 6.33 Å². The first-order valence-electron chi connectivity index (χ1n) is 5.09. The minimum absolute atomic E-state index is 0.824. The van der Waals surface area contributed by atoms with E-state index in [4.69, 9.17) is 0 Å². The summed E-state index contributed by atoms with van der Waals surface area (Å²) in [6.07, 6.45) is 7.54. The molecule has 0 aliphatic carbocycles. The van der Waals surface area contributed by atoms with E-state index in [0.717, 1.165) is 24.4 Å². The average molecular weight is 202 g/mol. The molecule has 0 bridgehead atoms. The zero-order chi connectivity index (χ0) is 10.5. The first-order valence-corrected chi connectivity index (χ1v) is 5.09. The molecule has 0 aromatic carbocycles. The van der Waals surface area contributed by atoms with Crippen molar-refractivity contribution in [2.24, 2.45) is 0 Å². The maximum Gasteiger partial charge on any atom is 0.148 e. The molecule has 0 fully saturated rings. The molecule has 15 heavy (non-hydrogen) atoms. The van der Waals surface area contributed by atoms with Crippen molar-refractivity contribution in [1.82, 2.24) is 14.6 Å². The van der Waals surface area contributed by atoms with E-state index in [2.05, 4.69) is 22.3 Å². The molecule has 4 nitrogen and oxygen atoms in total. The van der Waals surface area contributed by atoms with E-state index in [1.807, 2.05) is 35.3 Å². The number of nitrogens with zero attached hydrogens (tertiary/aromatic N) is 3. The molecule has 2 rings (SSSR count). The highest BCUT2D eigenvalue weighted by atomic mass is 15.4. The Morgan fingerprint density at radius 3 is 2.80 bits per heavy atom. The fraction of sp³-hybridized carbons (Fsp3) is 0.273. The molecule has 0 saturated carbocycles. The van der Waals surface area contributed by atoms with Crippen LogP contribution in [0.5, 0.6) is 0 Å². The van der Waals surface area contributed by atoms with Crippen LogP contribution in [0.2, 0.25) is 0 Å². The molecular weight excluding hydrogens is 188 g/mol. The Hall–Kier alpha value is -1.84. The first kappa shape index (κ1) is 9.71. The SMILES string of the molecule is CCCc1cc(Nn2cccc2)ncn1. The third-order valence-corrected chi connectivity index (χ3v) is 2.08. The van der Waals surface area contributed by atoms with Gasteiger partial charge in [-0.05, 0) is 18.6 Å². The number of rotatable bonds is 4. The third-order valence-electron chi connectivity index (χ3n) is 2.08. The van der Waals surface area contributed by atoms with Gasteiger partial charge in [0.15, 0.2) is 0 Å². The zero-order valence-electron chi connectivity index (χ0n) is 8.72. The molecule has 0 amide bonds. The molecule has 0 radical (unpaired) electrons. The van der Waals surface area contributed by atoms with Gasteiger partial charge in [-0.1, -0.05) is 13.3 Å². The Kier molecular flexibility index (Phi) is 2.97.